The van der Waals surface area contributed by atoms with Gasteiger partial charge in [-0.2, -0.15) is 13.2 Å². The normalized spacial score (nSPS) is 15.8. The molecule has 1 atom stereocenters. The molecule has 0 aliphatic carbocycles. The number of hydrogen-bond acceptors (Lipinski definition) is 1. The molecule has 0 fully saturated rings. The quantitative estimate of drug-likeness (QED) is 0.560. The van der Waals surface area contributed by atoms with Crippen LogP contribution in [0.15, 0.2) is 21.1 Å². The summed E-state index contributed by atoms with van der Waals surface area (Å²) in [6.45, 7) is 0. The number of nitrogens with two attached hydrogens (primary N) is 1. The summed E-state index contributed by atoms with van der Waals surface area (Å²) in [6, 6.07) is 1.17. The lowest BCUT2D eigenvalue weighted by Crippen LogP contribution is -2.44. The summed E-state index contributed by atoms with van der Waals surface area (Å²) in [5, 5.41) is 0. The standard InChI is InChI=1S/C9H5Br2F6N/c10-4-1-3(2-5(11)6(4)18)8(14,7(12)13)9(15,16)17/h1-2,7H,18H2. The van der Waals surface area contributed by atoms with Crippen LogP contribution in [0.5, 0.6) is 0 Å². The summed E-state index contributed by atoms with van der Waals surface area (Å²) in [7, 11) is 0. The van der Waals surface area contributed by atoms with Gasteiger partial charge >= 0.3 is 6.18 Å². The minimum absolute atomic E-state index is 0.0162. The van der Waals surface area contributed by atoms with E-state index < -0.39 is 23.8 Å². The van der Waals surface area contributed by atoms with Crippen molar-refractivity contribution < 1.29 is 26.3 Å². The van der Waals surface area contributed by atoms with Crippen molar-refractivity contribution in [1.29, 1.82) is 0 Å². The van der Waals surface area contributed by atoms with Gasteiger partial charge in [0.05, 0.1) is 5.69 Å². The molecule has 0 saturated heterocycles. The second-order valence-electron chi connectivity index (χ2n) is 3.36. The predicted molar refractivity (Wildman–Crippen MR) is 61.1 cm³/mol. The molecule has 0 radical (unpaired) electrons. The Morgan fingerprint density at radius 1 is 1.00 bits per heavy atom. The van der Waals surface area contributed by atoms with Gasteiger partial charge in [-0.05, 0) is 44.0 Å². The summed E-state index contributed by atoms with van der Waals surface area (Å²) in [6.07, 6.45) is -9.99. The van der Waals surface area contributed by atoms with E-state index in [0.29, 0.717) is 12.1 Å². The largest absolute Gasteiger partial charge is 0.432 e. The summed E-state index contributed by atoms with van der Waals surface area (Å²) in [5.41, 5.74) is -0.590. The van der Waals surface area contributed by atoms with Crippen molar-refractivity contribution in [1.82, 2.24) is 0 Å². The van der Waals surface area contributed by atoms with E-state index in [-0.39, 0.29) is 14.6 Å². The van der Waals surface area contributed by atoms with E-state index in [1.165, 1.54) is 0 Å². The Balaban J connectivity index is 3.51. The van der Waals surface area contributed by atoms with Gasteiger partial charge in [-0.15, -0.1) is 0 Å². The minimum atomic E-state index is -5.74. The second-order valence-corrected chi connectivity index (χ2v) is 5.07. The van der Waals surface area contributed by atoms with Crippen LogP contribution in [0.1, 0.15) is 5.56 Å². The summed E-state index contributed by atoms with van der Waals surface area (Å²) >= 11 is 5.54. The summed E-state index contributed by atoms with van der Waals surface area (Å²) in [4.78, 5) is 0. The molecule has 1 unspecified atom stereocenters. The van der Waals surface area contributed by atoms with Crippen LogP contribution >= 0.6 is 31.9 Å². The maximum absolute atomic E-state index is 13.7. The van der Waals surface area contributed by atoms with Gasteiger partial charge in [-0.3, -0.25) is 0 Å². The van der Waals surface area contributed by atoms with Crippen LogP contribution < -0.4 is 5.73 Å². The van der Waals surface area contributed by atoms with Crippen LogP contribution in [-0.2, 0) is 5.67 Å². The SMILES string of the molecule is Nc1c(Br)cc(C(F)(C(F)F)C(F)(F)F)cc1Br. The molecule has 9 heteroatoms. The average Bonchev–Trinajstić information content (AvgIpc) is 2.21. The minimum Gasteiger partial charge on any atom is -0.397 e. The fourth-order valence-corrected chi connectivity index (χ4v) is 2.39. The van der Waals surface area contributed by atoms with E-state index in [4.69, 9.17) is 5.73 Å². The van der Waals surface area contributed by atoms with Gasteiger partial charge in [0.1, 0.15) is 0 Å². The highest BCUT2D eigenvalue weighted by Crippen LogP contribution is 2.48. The van der Waals surface area contributed by atoms with Gasteiger partial charge in [0, 0.05) is 14.5 Å². The first-order chi connectivity index (χ1) is 8.01. The van der Waals surface area contributed by atoms with Crippen molar-refractivity contribution in [2.24, 2.45) is 0 Å². The fourth-order valence-electron chi connectivity index (χ4n) is 1.21. The Bertz CT molecular complexity index is 438. The van der Waals surface area contributed by atoms with Gasteiger partial charge in [0.15, 0.2) is 0 Å². The molecule has 2 N–H and O–H groups in total. The van der Waals surface area contributed by atoms with E-state index in [0.717, 1.165) is 0 Å². The number of hydrogen-bond donors (Lipinski definition) is 1. The Morgan fingerprint density at radius 3 is 1.67 bits per heavy atom. The first-order valence-corrected chi connectivity index (χ1v) is 5.89. The third-order valence-electron chi connectivity index (χ3n) is 2.21. The fraction of sp³-hybridized carbons (Fsp3) is 0.333. The molecule has 0 aliphatic rings. The topological polar surface area (TPSA) is 26.0 Å². The van der Waals surface area contributed by atoms with Crippen LogP contribution in [0.2, 0.25) is 0 Å². The van der Waals surface area contributed by atoms with Gasteiger partial charge < -0.3 is 5.73 Å². The molecule has 1 nitrogen and oxygen atoms in total. The monoisotopic (exact) mass is 399 g/mol. The molecular formula is C9H5Br2F6N. The predicted octanol–water partition coefficient (Wildman–Crippen LogP) is 4.79. The molecule has 0 aromatic heterocycles. The maximum atomic E-state index is 13.7. The van der Waals surface area contributed by atoms with E-state index in [1.807, 2.05) is 0 Å². The zero-order valence-electron chi connectivity index (χ0n) is 8.33. The number of nitrogen functional groups attached to an aromatic ring is 1. The Labute approximate surface area is 115 Å². The van der Waals surface area contributed by atoms with E-state index >= 15 is 0 Å². The van der Waals surface area contributed by atoms with E-state index in [9.17, 15) is 26.3 Å². The molecule has 0 heterocycles. The zero-order valence-corrected chi connectivity index (χ0v) is 11.5. The Hall–Kier alpha value is -0.440. The molecular weight excluding hydrogens is 396 g/mol. The molecule has 0 saturated carbocycles. The van der Waals surface area contributed by atoms with Crippen molar-refractivity contribution in [3.05, 3.63) is 26.6 Å². The molecule has 102 valence electrons. The Morgan fingerprint density at radius 2 is 1.39 bits per heavy atom. The highest BCUT2D eigenvalue weighted by Gasteiger charge is 2.64. The highest BCUT2D eigenvalue weighted by atomic mass is 79.9. The molecule has 18 heavy (non-hydrogen) atoms. The van der Waals surface area contributed by atoms with Crippen LogP contribution in [0, 0.1) is 0 Å². The summed E-state index contributed by atoms with van der Waals surface area (Å²) < 4.78 is 75.9. The average molecular weight is 401 g/mol. The number of anilines is 1. The molecule has 0 bridgehead atoms. The highest BCUT2D eigenvalue weighted by molar-refractivity contribution is 9.11. The lowest BCUT2D eigenvalue weighted by Gasteiger charge is -2.28. The van der Waals surface area contributed by atoms with Crippen LogP contribution in [0.4, 0.5) is 32.0 Å². The van der Waals surface area contributed by atoms with E-state index in [2.05, 4.69) is 31.9 Å². The number of rotatable bonds is 2. The smallest absolute Gasteiger partial charge is 0.397 e. The maximum Gasteiger partial charge on any atom is 0.432 e. The number of alkyl halides is 6. The van der Waals surface area contributed by atoms with Gasteiger partial charge in [-0.1, -0.05) is 0 Å². The molecule has 1 rings (SSSR count). The lowest BCUT2D eigenvalue weighted by atomic mass is 9.95. The number of halogens is 8. The third-order valence-corrected chi connectivity index (χ3v) is 3.52. The molecule has 0 spiro atoms. The van der Waals surface area contributed by atoms with Crippen molar-refractivity contribution >= 4 is 37.5 Å². The second kappa shape index (κ2) is 4.92. The van der Waals surface area contributed by atoms with Gasteiger partial charge in [-0.25, -0.2) is 13.2 Å². The molecule has 0 aliphatic heterocycles. The summed E-state index contributed by atoms with van der Waals surface area (Å²) in [5.74, 6) is 0. The zero-order chi connectivity index (χ0) is 14.3. The van der Waals surface area contributed by atoms with Crippen LogP contribution in [-0.4, -0.2) is 12.6 Å². The van der Waals surface area contributed by atoms with Gasteiger partial charge in [0.25, 0.3) is 12.1 Å². The molecule has 0 amide bonds. The number of benzene rings is 1. The Kier molecular flexibility index (Phi) is 4.26. The van der Waals surface area contributed by atoms with Crippen molar-refractivity contribution in [2.45, 2.75) is 18.3 Å². The van der Waals surface area contributed by atoms with Crippen molar-refractivity contribution in [3.63, 3.8) is 0 Å². The first-order valence-electron chi connectivity index (χ1n) is 4.30. The van der Waals surface area contributed by atoms with Crippen molar-refractivity contribution in [3.8, 4) is 0 Å². The molecule has 1 aromatic carbocycles. The van der Waals surface area contributed by atoms with Crippen LogP contribution in [0.25, 0.3) is 0 Å². The van der Waals surface area contributed by atoms with Crippen LogP contribution in [0.3, 0.4) is 0 Å². The van der Waals surface area contributed by atoms with E-state index in [1.54, 1.807) is 0 Å². The van der Waals surface area contributed by atoms with Gasteiger partial charge in [0.2, 0.25) is 0 Å². The lowest BCUT2D eigenvalue weighted by molar-refractivity contribution is -0.274. The van der Waals surface area contributed by atoms with Crippen molar-refractivity contribution in [2.75, 3.05) is 5.73 Å². The molecule has 1 aromatic rings. The third kappa shape index (κ3) is 2.47. The first kappa shape index (κ1) is 15.6.